The van der Waals surface area contributed by atoms with Crippen LogP contribution < -0.4 is 16.6 Å². The molecule has 0 fully saturated rings. The monoisotopic (exact) mass is 279 g/mol. The lowest BCUT2D eigenvalue weighted by atomic mass is 10.2. The van der Waals surface area contributed by atoms with Crippen LogP contribution in [0.4, 0.5) is 11.8 Å². The molecule has 2 rings (SSSR count). The van der Waals surface area contributed by atoms with Crippen LogP contribution in [0.25, 0.3) is 11.0 Å². The first-order valence-electron chi connectivity index (χ1n) is 6.70. The van der Waals surface area contributed by atoms with Crippen molar-refractivity contribution < 1.29 is 4.74 Å². The molecule has 0 aromatic carbocycles. The molecule has 2 aromatic heterocycles. The Bertz CT molecular complexity index is 540. The first-order valence-corrected chi connectivity index (χ1v) is 6.70. The number of aromatic nitrogens is 4. The van der Waals surface area contributed by atoms with E-state index in [1.807, 2.05) is 0 Å². The summed E-state index contributed by atoms with van der Waals surface area (Å²) in [6, 6.07) is 0. The van der Waals surface area contributed by atoms with Gasteiger partial charge in [0.15, 0.2) is 5.65 Å². The normalized spacial score (nSPS) is 11.2. The van der Waals surface area contributed by atoms with Crippen LogP contribution in [0.1, 0.15) is 20.3 Å². The van der Waals surface area contributed by atoms with E-state index in [-0.39, 0.29) is 0 Å². The summed E-state index contributed by atoms with van der Waals surface area (Å²) < 4.78 is 5.53. The average Bonchev–Trinajstić information content (AvgIpc) is 2.90. The molecule has 20 heavy (non-hydrogen) atoms. The Morgan fingerprint density at radius 2 is 2.25 bits per heavy atom. The molecule has 0 saturated carbocycles. The molecule has 110 valence electrons. The van der Waals surface area contributed by atoms with Crippen molar-refractivity contribution in [1.29, 1.82) is 0 Å². The van der Waals surface area contributed by atoms with E-state index in [1.54, 1.807) is 6.20 Å². The Morgan fingerprint density at radius 3 is 3.00 bits per heavy atom. The third-order valence-electron chi connectivity index (χ3n) is 2.65. The van der Waals surface area contributed by atoms with Crippen LogP contribution in [0.15, 0.2) is 6.20 Å². The molecule has 8 heteroatoms. The largest absolute Gasteiger partial charge is 0.381 e. The highest BCUT2D eigenvalue weighted by molar-refractivity contribution is 5.86. The van der Waals surface area contributed by atoms with Crippen molar-refractivity contribution in [2.45, 2.75) is 20.3 Å². The number of hydrogen-bond acceptors (Lipinski definition) is 7. The molecular weight excluding hydrogens is 258 g/mol. The van der Waals surface area contributed by atoms with Crippen LogP contribution in [0.2, 0.25) is 0 Å². The van der Waals surface area contributed by atoms with Crippen molar-refractivity contribution >= 4 is 22.8 Å². The summed E-state index contributed by atoms with van der Waals surface area (Å²) in [5.74, 6) is 6.96. The molecule has 5 N–H and O–H groups in total. The smallest absolute Gasteiger partial charge is 0.241 e. The van der Waals surface area contributed by atoms with Gasteiger partial charge in [-0.3, -0.25) is 10.5 Å². The van der Waals surface area contributed by atoms with E-state index >= 15 is 0 Å². The number of H-pyrrole nitrogens is 1. The molecule has 2 aromatic rings. The summed E-state index contributed by atoms with van der Waals surface area (Å²) in [5.41, 5.74) is 3.08. The number of fused-ring (bicyclic) bond motifs is 1. The Labute approximate surface area is 117 Å². The molecule has 0 aliphatic carbocycles. The molecular formula is C12H21N7O. The summed E-state index contributed by atoms with van der Waals surface area (Å²) in [5, 5.41) is 10.8. The molecule has 8 nitrogen and oxygen atoms in total. The maximum atomic E-state index is 5.53. The number of nitrogens with two attached hydrogens (primary N) is 1. The standard InChI is InChI=1S/C12H21N7O/c1-8(2)7-20-5-3-4-14-10-9-6-15-19-11(9)17-12(16-10)18-13/h6,8H,3-5,7,13H2,1-2H3,(H3,14,15,16,17,18,19). The second-order valence-electron chi connectivity index (χ2n) is 4.92. The number of nitrogens with zero attached hydrogens (tertiary/aromatic N) is 3. The van der Waals surface area contributed by atoms with Crippen LogP contribution in [0.5, 0.6) is 0 Å². The summed E-state index contributed by atoms with van der Waals surface area (Å²) >= 11 is 0. The summed E-state index contributed by atoms with van der Waals surface area (Å²) in [4.78, 5) is 8.44. The van der Waals surface area contributed by atoms with E-state index in [0.29, 0.717) is 23.3 Å². The molecule has 0 aliphatic rings. The van der Waals surface area contributed by atoms with Gasteiger partial charge in [-0.25, -0.2) is 5.84 Å². The number of aromatic amines is 1. The van der Waals surface area contributed by atoms with Gasteiger partial charge in [-0.1, -0.05) is 13.8 Å². The van der Waals surface area contributed by atoms with E-state index in [2.05, 4.69) is 44.8 Å². The third kappa shape index (κ3) is 3.78. The zero-order chi connectivity index (χ0) is 14.4. The minimum Gasteiger partial charge on any atom is -0.381 e. The second kappa shape index (κ2) is 7.01. The zero-order valence-electron chi connectivity index (χ0n) is 11.8. The lowest BCUT2D eigenvalue weighted by Gasteiger charge is -2.09. The predicted octanol–water partition coefficient (Wildman–Crippen LogP) is 1.11. The van der Waals surface area contributed by atoms with E-state index in [9.17, 15) is 0 Å². The Balaban J connectivity index is 1.87. The Morgan fingerprint density at radius 1 is 1.40 bits per heavy atom. The van der Waals surface area contributed by atoms with Gasteiger partial charge in [0.25, 0.3) is 0 Å². The van der Waals surface area contributed by atoms with Crippen molar-refractivity contribution in [2.75, 3.05) is 30.5 Å². The SMILES string of the molecule is CC(C)COCCCNc1nc(NN)nc2[nH]ncc12. The number of nitrogen functional groups attached to an aromatic ring is 1. The molecule has 0 spiro atoms. The molecule has 0 saturated heterocycles. The number of anilines is 2. The van der Waals surface area contributed by atoms with Crippen LogP contribution >= 0.6 is 0 Å². The molecule has 2 heterocycles. The molecule has 0 aliphatic heterocycles. The lowest BCUT2D eigenvalue weighted by Crippen LogP contribution is -2.13. The second-order valence-corrected chi connectivity index (χ2v) is 4.92. The van der Waals surface area contributed by atoms with Crippen molar-refractivity contribution in [3.05, 3.63) is 6.20 Å². The topological polar surface area (TPSA) is 114 Å². The molecule has 0 radical (unpaired) electrons. The van der Waals surface area contributed by atoms with Crippen LogP contribution in [0, 0.1) is 5.92 Å². The highest BCUT2D eigenvalue weighted by atomic mass is 16.5. The summed E-state index contributed by atoms with van der Waals surface area (Å²) in [6.45, 7) is 6.55. The molecule has 0 unspecified atom stereocenters. The van der Waals surface area contributed by atoms with Gasteiger partial charge >= 0.3 is 0 Å². The molecule has 0 bridgehead atoms. The quantitative estimate of drug-likeness (QED) is 0.325. The maximum absolute atomic E-state index is 5.53. The fourth-order valence-corrected chi connectivity index (χ4v) is 1.73. The first-order chi connectivity index (χ1) is 9.70. The minimum absolute atomic E-state index is 0.348. The van der Waals surface area contributed by atoms with Crippen molar-refractivity contribution in [1.82, 2.24) is 20.2 Å². The maximum Gasteiger partial charge on any atom is 0.241 e. The van der Waals surface area contributed by atoms with E-state index in [0.717, 1.165) is 31.6 Å². The van der Waals surface area contributed by atoms with Gasteiger partial charge in [-0.15, -0.1) is 0 Å². The van der Waals surface area contributed by atoms with Gasteiger partial charge in [0, 0.05) is 19.8 Å². The summed E-state index contributed by atoms with van der Waals surface area (Å²) in [6.07, 6.45) is 2.59. The lowest BCUT2D eigenvalue weighted by molar-refractivity contribution is 0.110. The van der Waals surface area contributed by atoms with Gasteiger partial charge in [0.2, 0.25) is 5.95 Å². The van der Waals surface area contributed by atoms with Gasteiger partial charge in [-0.2, -0.15) is 15.1 Å². The van der Waals surface area contributed by atoms with Crippen molar-refractivity contribution in [2.24, 2.45) is 11.8 Å². The van der Waals surface area contributed by atoms with E-state index in [1.165, 1.54) is 0 Å². The fourth-order valence-electron chi connectivity index (χ4n) is 1.73. The van der Waals surface area contributed by atoms with E-state index < -0.39 is 0 Å². The van der Waals surface area contributed by atoms with Gasteiger partial charge in [-0.05, 0) is 12.3 Å². The van der Waals surface area contributed by atoms with Gasteiger partial charge in [0.1, 0.15) is 5.82 Å². The molecule has 0 atom stereocenters. The van der Waals surface area contributed by atoms with Gasteiger partial charge in [0.05, 0.1) is 11.6 Å². The number of hydrazine groups is 1. The van der Waals surface area contributed by atoms with E-state index in [4.69, 9.17) is 10.6 Å². The Hall–Kier alpha value is -1.93. The van der Waals surface area contributed by atoms with Gasteiger partial charge < -0.3 is 10.1 Å². The minimum atomic E-state index is 0.348. The molecule has 0 amide bonds. The number of ether oxygens (including phenoxy) is 1. The Kier molecular flexibility index (Phi) is 5.08. The number of rotatable bonds is 8. The van der Waals surface area contributed by atoms with Crippen molar-refractivity contribution in [3.63, 3.8) is 0 Å². The van der Waals surface area contributed by atoms with Crippen molar-refractivity contribution in [3.8, 4) is 0 Å². The van der Waals surface area contributed by atoms with Crippen LogP contribution in [0.3, 0.4) is 0 Å². The number of hydrogen-bond donors (Lipinski definition) is 4. The summed E-state index contributed by atoms with van der Waals surface area (Å²) in [7, 11) is 0. The third-order valence-corrected chi connectivity index (χ3v) is 2.65. The zero-order valence-corrected chi connectivity index (χ0v) is 11.8. The highest BCUT2D eigenvalue weighted by Crippen LogP contribution is 2.19. The van der Waals surface area contributed by atoms with Crippen LogP contribution in [-0.4, -0.2) is 39.9 Å². The predicted molar refractivity (Wildman–Crippen MR) is 78.3 cm³/mol. The number of nitrogens with one attached hydrogen (secondary N) is 3. The fraction of sp³-hybridized carbons (Fsp3) is 0.583. The van der Waals surface area contributed by atoms with Crippen LogP contribution in [-0.2, 0) is 4.74 Å². The highest BCUT2D eigenvalue weighted by Gasteiger charge is 2.08. The first kappa shape index (κ1) is 14.5. The average molecular weight is 279 g/mol.